The fourth-order valence-corrected chi connectivity index (χ4v) is 2.05. The van der Waals surface area contributed by atoms with Crippen LogP contribution in [0.3, 0.4) is 0 Å². The molecule has 0 fully saturated rings. The largest absolute Gasteiger partial charge is 0.464 e. The number of hydrogen-bond acceptors (Lipinski definition) is 8. The molecule has 9 heteroatoms. The second-order valence-electron chi connectivity index (χ2n) is 6.08. The number of nitrogens with zero attached hydrogens (tertiary/aromatic N) is 2. The van der Waals surface area contributed by atoms with Gasteiger partial charge in [0.25, 0.3) is 5.54 Å². The summed E-state index contributed by atoms with van der Waals surface area (Å²) in [6.45, 7) is 8.16. The van der Waals surface area contributed by atoms with Crippen LogP contribution in [0.5, 0.6) is 0 Å². The molecule has 9 nitrogen and oxygen atoms in total. The van der Waals surface area contributed by atoms with Crippen LogP contribution in [0.4, 0.5) is 0 Å². The smallest absolute Gasteiger partial charge is 0.346 e. The summed E-state index contributed by atoms with van der Waals surface area (Å²) in [5.41, 5.74) is -3.06. The zero-order valence-electron chi connectivity index (χ0n) is 15.1. The SMILES string of the molecule is CCOC(=O)C(Cc1cnco1)(C(=O)OCC)N(C=O)OC(C)(C)C. The molecule has 1 heterocycles. The van der Waals surface area contributed by atoms with Gasteiger partial charge in [-0.05, 0) is 34.6 Å². The molecule has 1 rings (SSSR count). The number of esters is 2. The van der Waals surface area contributed by atoms with E-state index in [0.717, 1.165) is 6.39 Å². The number of aromatic nitrogens is 1. The molecule has 0 atom stereocenters. The summed E-state index contributed by atoms with van der Waals surface area (Å²) in [5.74, 6) is -1.78. The molecular weight excluding hydrogens is 332 g/mol. The van der Waals surface area contributed by atoms with Gasteiger partial charge in [0.05, 0.1) is 31.4 Å². The fraction of sp³-hybridized carbons (Fsp3) is 0.625. The summed E-state index contributed by atoms with van der Waals surface area (Å²) < 4.78 is 15.2. The molecule has 0 saturated heterocycles. The number of rotatable bonds is 9. The third-order valence-electron chi connectivity index (χ3n) is 2.98. The first kappa shape index (κ1) is 20.6. The quantitative estimate of drug-likeness (QED) is 0.282. The molecule has 0 saturated carbocycles. The van der Waals surface area contributed by atoms with E-state index in [1.165, 1.54) is 6.20 Å². The molecular formula is C16H24N2O7. The lowest BCUT2D eigenvalue weighted by atomic mass is 9.93. The maximum Gasteiger partial charge on any atom is 0.346 e. The van der Waals surface area contributed by atoms with Crippen LogP contribution in [0.1, 0.15) is 40.4 Å². The van der Waals surface area contributed by atoms with Crippen molar-refractivity contribution in [3.05, 3.63) is 18.4 Å². The molecule has 1 aromatic heterocycles. The average molecular weight is 356 g/mol. The predicted molar refractivity (Wildman–Crippen MR) is 84.9 cm³/mol. The van der Waals surface area contributed by atoms with Gasteiger partial charge < -0.3 is 13.9 Å². The molecule has 0 aromatic carbocycles. The van der Waals surface area contributed by atoms with Gasteiger partial charge in [-0.3, -0.25) is 9.63 Å². The normalized spacial score (nSPS) is 11.7. The topological polar surface area (TPSA) is 108 Å². The Balaban J connectivity index is 3.47. The van der Waals surface area contributed by atoms with E-state index in [1.807, 2.05) is 0 Å². The first-order valence-electron chi connectivity index (χ1n) is 7.86. The molecule has 0 aliphatic rings. The third-order valence-corrected chi connectivity index (χ3v) is 2.98. The standard InChI is InChI=1S/C16H24N2O7/c1-6-22-13(20)16(14(21)23-7-2,8-12-9-17-10-24-12)18(11-19)25-15(3,4)5/h9-11H,6-8H2,1-5H3. The van der Waals surface area contributed by atoms with E-state index < -0.39 is 23.1 Å². The van der Waals surface area contributed by atoms with Gasteiger partial charge in [-0.25, -0.2) is 14.6 Å². The third kappa shape index (κ3) is 5.02. The summed E-state index contributed by atoms with van der Waals surface area (Å²) in [4.78, 5) is 46.5. The molecule has 140 valence electrons. The van der Waals surface area contributed by atoms with Gasteiger partial charge in [-0.2, -0.15) is 5.06 Å². The van der Waals surface area contributed by atoms with Gasteiger partial charge >= 0.3 is 11.9 Å². The Bertz CT molecular complexity index is 560. The number of amides is 1. The first-order chi connectivity index (χ1) is 11.7. The van der Waals surface area contributed by atoms with Crippen LogP contribution in [-0.4, -0.2) is 52.7 Å². The molecule has 0 bridgehead atoms. The van der Waals surface area contributed by atoms with Crippen LogP contribution in [0.15, 0.2) is 17.0 Å². The van der Waals surface area contributed by atoms with E-state index in [9.17, 15) is 14.4 Å². The minimum atomic E-state index is -2.19. The van der Waals surface area contributed by atoms with E-state index in [4.69, 9.17) is 18.7 Å². The van der Waals surface area contributed by atoms with Crippen molar-refractivity contribution in [2.24, 2.45) is 0 Å². The minimum absolute atomic E-state index is 0.00138. The number of carbonyl (C=O) groups excluding carboxylic acids is 3. The number of carbonyl (C=O) groups is 3. The number of ether oxygens (including phenoxy) is 2. The Kier molecular flexibility index (Phi) is 7.10. The highest BCUT2D eigenvalue weighted by Crippen LogP contribution is 2.27. The van der Waals surface area contributed by atoms with Gasteiger partial charge in [0, 0.05) is 0 Å². The molecule has 0 aliphatic carbocycles. The lowest BCUT2D eigenvalue weighted by Gasteiger charge is -2.38. The fourth-order valence-electron chi connectivity index (χ4n) is 2.05. The van der Waals surface area contributed by atoms with E-state index >= 15 is 0 Å². The lowest BCUT2D eigenvalue weighted by Crippen LogP contribution is -2.63. The van der Waals surface area contributed by atoms with Crippen molar-refractivity contribution >= 4 is 18.3 Å². The van der Waals surface area contributed by atoms with Gasteiger partial charge in [-0.15, -0.1) is 0 Å². The monoisotopic (exact) mass is 356 g/mol. The Morgan fingerprint density at radius 3 is 2.12 bits per heavy atom. The Morgan fingerprint density at radius 2 is 1.76 bits per heavy atom. The Labute approximate surface area is 146 Å². The summed E-state index contributed by atoms with van der Waals surface area (Å²) in [6, 6.07) is 0. The van der Waals surface area contributed by atoms with Crippen molar-refractivity contribution in [2.75, 3.05) is 13.2 Å². The molecule has 0 spiro atoms. The molecule has 1 aromatic rings. The van der Waals surface area contributed by atoms with Crippen molar-refractivity contribution in [3.63, 3.8) is 0 Å². The maximum atomic E-state index is 12.7. The van der Waals surface area contributed by atoms with Crippen LogP contribution < -0.4 is 0 Å². The summed E-state index contributed by atoms with van der Waals surface area (Å²) >= 11 is 0. The van der Waals surface area contributed by atoms with Crippen molar-refractivity contribution in [3.8, 4) is 0 Å². The van der Waals surface area contributed by atoms with Crippen LogP contribution in [0, 0.1) is 0 Å². The molecule has 0 aliphatic heterocycles. The van der Waals surface area contributed by atoms with E-state index in [-0.39, 0.29) is 31.8 Å². The number of oxazole rings is 1. The molecule has 0 radical (unpaired) electrons. The van der Waals surface area contributed by atoms with Gasteiger partial charge in [-0.1, -0.05) is 0 Å². The van der Waals surface area contributed by atoms with E-state index in [2.05, 4.69) is 4.98 Å². The number of hydroxylamine groups is 2. The average Bonchev–Trinajstić information content (AvgIpc) is 3.02. The Hall–Kier alpha value is -2.42. The van der Waals surface area contributed by atoms with Crippen molar-refractivity contribution in [2.45, 2.75) is 52.2 Å². The van der Waals surface area contributed by atoms with Gasteiger partial charge in [0.1, 0.15) is 5.76 Å². The maximum absolute atomic E-state index is 12.7. The first-order valence-corrected chi connectivity index (χ1v) is 7.86. The lowest BCUT2D eigenvalue weighted by molar-refractivity contribution is -0.260. The van der Waals surface area contributed by atoms with E-state index in [1.54, 1.807) is 34.6 Å². The summed E-state index contributed by atoms with van der Waals surface area (Å²) in [6.07, 6.45) is 2.37. The summed E-state index contributed by atoms with van der Waals surface area (Å²) in [5, 5.41) is 0.630. The highest BCUT2D eigenvalue weighted by atomic mass is 16.7. The molecule has 0 N–H and O–H groups in total. The second kappa shape index (κ2) is 8.61. The Morgan fingerprint density at radius 1 is 1.20 bits per heavy atom. The zero-order valence-corrected chi connectivity index (χ0v) is 15.1. The van der Waals surface area contributed by atoms with E-state index in [0.29, 0.717) is 5.06 Å². The van der Waals surface area contributed by atoms with Crippen molar-refractivity contribution in [1.29, 1.82) is 0 Å². The minimum Gasteiger partial charge on any atom is -0.464 e. The van der Waals surface area contributed by atoms with Crippen LogP contribution in [-0.2, 0) is 35.1 Å². The highest BCUT2D eigenvalue weighted by molar-refractivity contribution is 6.06. The van der Waals surface area contributed by atoms with Crippen LogP contribution >= 0.6 is 0 Å². The molecule has 25 heavy (non-hydrogen) atoms. The summed E-state index contributed by atoms with van der Waals surface area (Å²) in [7, 11) is 0. The molecule has 0 unspecified atom stereocenters. The highest BCUT2D eigenvalue weighted by Gasteiger charge is 2.57. The van der Waals surface area contributed by atoms with Gasteiger partial charge in [0.2, 0.25) is 6.41 Å². The van der Waals surface area contributed by atoms with Crippen LogP contribution in [0.25, 0.3) is 0 Å². The molecule has 1 amide bonds. The second-order valence-corrected chi connectivity index (χ2v) is 6.08. The van der Waals surface area contributed by atoms with Crippen LogP contribution in [0.2, 0.25) is 0 Å². The van der Waals surface area contributed by atoms with Gasteiger partial charge in [0.15, 0.2) is 6.39 Å². The predicted octanol–water partition coefficient (Wildman–Crippen LogP) is 1.27. The van der Waals surface area contributed by atoms with Crippen molar-refractivity contribution < 1.29 is 33.1 Å². The number of hydrogen-bond donors (Lipinski definition) is 0. The zero-order chi connectivity index (χ0) is 19.1. The van der Waals surface area contributed by atoms with Crippen molar-refractivity contribution in [1.82, 2.24) is 10.0 Å².